The fourth-order valence-electron chi connectivity index (χ4n) is 5.10. The first-order valence-electron chi connectivity index (χ1n) is 10.2. The van der Waals surface area contributed by atoms with Crippen molar-refractivity contribution < 1.29 is 47.6 Å². The van der Waals surface area contributed by atoms with Gasteiger partial charge in [-0.2, -0.15) is 0 Å². The lowest BCUT2D eigenvalue weighted by Crippen LogP contribution is -3.00. The highest BCUT2D eigenvalue weighted by atomic mass is 127. The first-order valence-corrected chi connectivity index (χ1v) is 10.2. The molecule has 0 aliphatic carbocycles. The summed E-state index contributed by atoms with van der Waals surface area (Å²) in [5, 5.41) is 0. The predicted octanol–water partition coefficient (Wildman–Crippen LogP) is -0.314. The SMILES string of the molecule is C[N+]12CCCC[C@H]1[C@@H](COC(=O)c1ccc(N3C(=O)C=CC3=O)cc1)CCC2.[I-]. The molecule has 2 saturated heterocycles. The normalized spacial score (nSPS) is 28.7. The van der Waals surface area contributed by atoms with E-state index in [1.807, 2.05) is 0 Å². The topological polar surface area (TPSA) is 63.7 Å². The van der Waals surface area contributed by atoms with Crippen molar-refractivity contribution in [1.82, 2.24) is 0 Å². The van der Waals surface area contributed by atoms with Crippen molar-refractivity contribution in [2.45, 2.75) is 38.1 Å². The number of fused-ring (bicyclic) bond motifs is 1. The highest BCUT2D eigenvalue weighted by Crippen LogP contribution is 2.36. The number of carbonyl (C=O) groups is 3. The second-order valence-corrected chi connectivity index (χ2v) is 8.38. The molecule has 1 unspecified atom stereocenters. The highest BCUT2D eigenvalue weighted by molar-refractivity contribution is 6.28. The van der Waals surface area contributed by atoms with Crippen LogP contribution in [-0.2, 0) is 14.3 Å². The molecule has 1 aromatic carbocycles. The molecule has 29 heavy (non-hydrogen) atoms. The van der Waals surface area contributed by atoms with Gasteiger partial charge in [-0.05, 0) is 49.9 Å². The Hall–Kier alpha value is -1.74. The molecule has 0 spiro atoms. The monoisotopic (exact) mass is 510 g/mol. The van der Waals surface area contributed by atoms with Gasteiger partial charge >= 0.3 is 5.97 Å². The molecular weight excluding hydrogens is 483 g/mol. The number of nitrogens with zero attached hydrogens (tertiary/aromatic N) is 2. The molecule has 0 aromatic heterocycles. The van der Waals surface area contributed by atoms with E-state index < -0.39 is 0 Å². The van der Waals surface area contributed by atoms with Crippen molar-refractivity contribution in [2.75, 3.05) is 31.6 Å². The first kappa shape index (κ1) is 22.0. The summed E-state index contributed by atoms with van der Waals surface area (Å²) in [6, 6.07) is 7.03. The zero-order valence-electron chi connectivity index (χ0n) is 16.7. The second kappa shape index (κ2) is 8.95. The van der Waals surface area contributed by atoms with Gasteiger partial charge in [0.2, 0.25) is 0 Å². The van der Waals surface area contributed by atoms with Gasteiger partial charge < -0.3 is 33.2 Å². The summed E-state index contributed by atoms with van der Waals surface area (Å²) < 4.78 is 6.79. The van der Waals surface area contributed by atoms with Gasteiger partial charge in [-0.25, -0.2) is 9.69 Å². The number of piperidine rings is 2. The summed E-state index contributed by atoms with van der Waals surface area (Å²) in [7, 11) is 2.35. The number of hydrogen-bond donors (Lipinski definition) is 0. The number of rotatable bonds is 4. The van der Waals surface area contributed by atoms with Crippen molar-refractivity contribution in [2.24, 2.45) is 5.92 Å². The van der Waals surface area contributed by atoms with Gasteiger partial charge in [0.1, 0.15) is 6.61 Å². The summed E-state index contributed by atoms with van der Waals surface area (Å²) >= 11 is 0. The minimum absolute atomic E-state index is 0. The maximum absolute atomic E-state index is 12.5. The van der Waals surface area contributed by atoms with Gasteiger partial charge in [0.05, 0.1) is 37.4 Å². The number of quaternary nitrogens is 1. The summed E-state index contributed by atoms with van der Waals surface area (Å²) in [5.41, 5.74) is 0.895. The van der Waals surface area contributed by atoms with Gasteiger partial charge in [-0.3, -0.25) is 9.59 Å². The van der Waals surface area contributed by atoms with Crippen LogP contribution in [-0.4, -0.2) is 55.1 Å². The van der Waals surface area contributed by atoms with E-state index in [0.717, 1.165) is 15.8 Å². The molecule has 156 valence electrons. The fraction of sp³-hybridized carbons (Fsp3) is 0.500. The molecule has 3 atom stereocenters. The lowest BCUT2D eigenvalue weighted by atomic mass is 9.82. The summed E-state index contributed by atoms with van der Waals surface area (Å²) in [6.45, 7) is 2.94. The number of anilines is 1. The number of carbonyl (C=O) groups excluding carboxylic acids is 3. The van der Waals surface area contributed by atoms with Crippen molar-refractivity contribution in [3.05, 3.63) is 42.0 Å². The Morgan fingerprint density at radius 3 is 2.38 bits per heavy atom. The largest absolute Gasteiger partial charge is 1.00 e. The van der Waals surface area contributed by atoms with Crippen molar-refractivity contribution in [3.8, 4) is 0 Å². The van der Waals surface area contributed by atoms with Crippen LogP contribution in [0.3, 0.4) is 0 Å². The van der Waals surface area contributed by atoms with E-state index in [1.54, 1.807) is 24.3 Å². The van der Waals surface area contributed by atoms with Crippen LogP contribution in [0.4, 0.5) is 5.69 Å². The van der Waals surface area contributed by atoms with Gasteiger partial charge in [-0.15, -0.1) is 0 Å². The molecule has 6 nitrogen and oxygen atoms in total. The Morgan fingerprint density at radius 2 is 1.69 bits per heavy atom. The van der Waals surface area contributed by atoms with E-state index in [-0.39, 0.29) is 41.8 Å². The Bertz CT molecular complexity index is 801. The molecule has 0 radical (unpaired) electrons. The zero-order chi connectivity index (χ0) is 19.7. The third kappa shape index (κ3) is 4.40. The number of imide groups is 1. The minimum Gasteiger partial charge on any atom is -1.00 e. The molecule has 0 saturated carbocycles. The number of halogens is 1. The highest BCUT2D eigenvalue weighted by Gasteiger charge is 2.43. The van der Waals surface area contributed by atoms with Crippen molar-refractivity contribution in [1.29, 1.82) is 0 Å². The Kier molecular flexibility index (Phi) is 6.78. The molecule has 2 fully saturated rings. The number of benzene rings is 1. The molecule has 3 aliphatic heterocycles. The van der Waals surface area contributed by atoms with Crippen molar-refractivity contribution in [3.63, 3.8) is 0 Å². The average Bonchev–Trinajstić information content (AvgIpc) is 3.03. The third-order valence-corrected chi connectivity index (χ3v) is 6.61. The van der Waals surface area contributed by atoms with Crippen LogP contribution in [0.15, 0.2) is 36.4 Å². The lowest BCUT2D eigenvalue weighted by Gasteiger charge is -2.51. The molecule has 3 aliphatic rings. The van der Waals surface area contributed by atoms with Crippen LogP contribution in [0.1, 0.15) is 42.5 Å². The average molecular weight is 510 g/mol. The van der Waals surface area contributed by atoms with Crippen LogP contribution in [0.25, 0.3) is 0 Å². The van der Waals surface area contributed by atoms with E-state index in [9.17, 15) is 14.4 Å². The van der Waals surface area contributed by atoms with Gasteiger partial charge in [0.15, 0.2) is 0 Å². The zero-order valence-corrected chi connectivity index (χ0v) is 18.8. The van der Waals surface area contributed by atoms with Gasteiger partial charge in [0, 0.05) is 24.5 Å². The van der Waals surface area contributed by atoms with E-state index in [4.69, 9.17) is 4.74 Å². The van der Waals surface area contributed by atoms with Crippen LogP contribution >= 0.6 is 0 Å². The van der Waals surface area contributed by atoms with Gasteiger partial charge in [0.25, 0.3) is 11.8 Å². The number of hydrogen-bond acceptors (Lipinski definition) is 4. The first-order chi connectivity index (χ1) is 13.5. The minimum atomic E-state index is -0.369. The van der Waals surface area contributed by atoms with Crippen LogP contribution in [0, 0.1) is 5.92 Å². The molecule has 1 aromatic rings. The molecule has 4 rings (SSSR count). The molecule has 0 N–H and O–H groups in total. The number of amides is 2. The van der Waals surface area contributed by atoms with Crippen LogP contribution < -0.4 is 28.9 Å². The molecule has 3 heterocycles. The standard InChI is InChI=1S/C22H27N2O4.HI/c1-24-13-3-2-6-19(24)17(5-4-14-24)15-28-22(27)16-7-9-18(10-8-16)23-20(25)11-12-21(23)26;/h7-12,17,19H,2-6,13-15H2,1H3;1H/q+1;/p-1/t17-,19+,24?;/m1./s1. The van der Waals surface area contributed by atoms with Gasteiger partial charge in [-0.1, -0.05) is 0 Å². The Morgan fingerprint density at radius 1 is 1.03 bits per heavy atom. The lowest BCUT2D eigenvalue weighted by molar-refractivity contribution is -0.947. The maximum Gasteiger partial charge on any atom is 0.338 e. The quantitative estimate of drug-likeness (QED) is 0.241. The maximum atomic E-state index is 12.5. The van der Waals surface area contributed by atoms with Crippen LogP contribution in [0.5, 0.6) is 0 Å². The Balaban J connectivity index is 0.00000240. The third-order valence-electron chi connectivity index (χ3n) is 6.61. The predicted molar refractivity (Wildman–Crippen MR) is 105 cm³/mol. The number of ether oxygens (including phenoxy) is 1. The second-order valence-electron chi connectivity index (χ2n) is 8.38. The summed E-state index contributed by atoms with van der Waals surface area (Å²) in [6.07, 6.45) is 8.58. The van der Waals surface area contributed by atoms with E-state index in [2.05, 4.69) is 7.05 Å². The fourth-order valence-corrected chi connectivity index (χ4v) is 5.10. The van der Waals surface area contributed by atoms with E-state index in [1.165, 1.54) is 50.9 Å². The van der Waals surface area contributed by atoms with E-state index >= 15 is 0 Å². The van der Waals surface area contributed by atoms with Crippen LogP contribution in [0.2, 0.25) is 0 Å². The molecular formula is C22H27IN2O4. The Labute approximate surface area is 188 Å². The molecule has 2 amide bonds. The smallest absolute Gasteiger partial charge is 0.338 e. The molecule has 7 heteroatoms. The van der Waals surface area contributed by atoms with E-state index in [0.29, 0.717) is 29.8 Å². The number of esters is 1. The molecule has 0 bridgehead atoms. The summed E-state index contributed by atoms with van der Waals surface area (Å²) in [5.74, 6) is -0.662. The summed E-state index contributed by atoms with van der Waals surface area (Å²) in [4.78, 5) is 37.1. The van der Waals surface area contributed by atoms with Crippen molar-refractivity contribution >= 4 is 23.5 Å².